The van der Waals surface area contributed by atoms with E-state index in [9.17, 15) is 9.59 Å². The molecule has 1 atom stereocenters. The third kappa shape index (κ3) is 2.97. The molecule has 2 heterocycles. The van der Waals surface area contributed by atoms with Gasteiger partial charge < -0.3 is 10.2 Å². The Hall–Kier alpha value is -1.10. The van der Waals surface area contributed by atoms with Crippen molar-refractivity contribution in [3.05, 3.63) is 0 Å². The highest BCUT2D eigenvalue weighted by Crippen LogP contribution is 2.20. The highest BCUT2D eigenvalue weighted by atomic mass is 16.2. The molecule has 0 aromatic heterocycles. The molecular formula is C12H21N3O2. The smallest absolute Gasteiger partial charge is 0.241 e. The van der Waals surface area contributed by atoms with Gasteiger partial charge in [-0.15, -0.1) is 0 Å². The molecule has 0 aromatic rings. The summed E-state index contributed by atoms with van der Waals surface area (Å²) in [6, 6.07) is -0.231. The zero-order valence-corrected chi connectivity index (χ0v) is 10.4. The van der Waals surface area contributed by atoms with Crippen molar-refractivity contribution in [1.82, 2.24) is 15.5 Å². The maximum atomic E-state index is 12.2. The lowest BCUT2D eigenvalue weighted by atomic mass is 9.94. The molecule has 2 rings (SSSR count). The maximum absolute atomic E-state index is 12.2. The first-order valence-corrected chi connectivity index (χ1v) is 6.49. The molecule has 96 valence electrons. The average Bonchev–Trinajstić information content (AvgIpc) is 2.39. The largest absolute Gasteiger partial charge is 0.353 e. The van der Waals surface area contributed by atoms with Crippen LogP contribution in [0.3, 0.4) is 0 Å². The Morgan fingerprint density at radius 2 is 2.12 bits per heavy atom. The summed E-state index contributed by atoms with van der Waals surface area (Å²) in [5, 5.41) is 5.71. The Kier molecular flexibility index (Phi) is 3.99. The molecule has 0 bridgehead atoms. The highest BCUT2D eigenvalue weighted by Gasteiger charge is 2.29. The number of hydrogen-bond acceptors (Lipinski definition) is 3. The van der Waals surface area contributed by atoms with Crippen LogP contribution in [0.2, 0.25) is 0 Å². The van der Waals surface area contributed by atoms with E-state index in [1.807, 2.05) is 4.90 Å². The molecule has 0 radical (unpaired) electrons. The lowest BCUT2D eigenvalue weighted by Gasteiger charge is -2.35. The van der Waals surface area contributed by atoms with E-state index >= 15 is 0 Å². The zero-order valence-electron chi connectivity index (χ0n) is 10.4. The predicted molar refractivity (Wildman–Crippen MR) is 64.4 cm³/mol. The number of carbonyl (C=O) groups excluding carboxylic acids is 2. The average molecular weight is 239 g/mol. The van der Waals surface area contributed by atoms with E-state index in [0.717, 1.165) is 31.8 Å². The second kappa shape index (κ2) is 5.49. The van der Waals surface area contributed by atoms with E-state index in [0.29, 0.717) is 6.54 Å². The van der Waals surface area contributed by atoms with Crippen LogP contribution < -0.4 is 10.6 Å². The minimum atomic E-state index is -0.231. The van der Waals surface area contributed by atoms with Gasteiger partial charge in [-0.05, 0) is 18.8 Å². The van der Waals surface area contributed by atoms with Crippen LogP contribution in [-0.2, 0) is 9.59 Å². The van der Waals surface area contributed by atoms with Crippen LogP contribution in [0, 0.1) is 5.92 Å². The van der Waals surface area contributed by atoms with Crippen LogP contribution in [0.15, 0.2) is 0 Å². The number of piperidine rings is 1. The van der Waals surface area contributed by atoms with Crippen molar-refractivity contribution >= 4 is 11.8 Å². The summed E-state index contributed by atoms with van der Waals surface area (Å²) < 4.78 is 0. The molecule has 0 aliphatic carbocycles. The van der Waals surface area contributed by atoms with Gasteiger partial charge in [0.25, 0.3) is 0 Å². The van der Waals surface area contributed by atoms with Crippen molar-refractivity contribution in [3.8, 4) is 0 Å². The molecule has 2 aliphatic heterocycles. The summed E-state index contributed by atoms with van der Waals surface area (Å²) in [5.74, 6) is 0.886. The van der Waals surface area contributed by atoms with Crippen LogP contribution in [0.1, 0.15) is 26.2 Å². The maximum Gasteiger partial charge on any atom is 0.241 e. The summed E-state index contributed by atoms with van der Waals surface area (Å²) in [6.45, 7) is 4.61. The minimum absolute atomic E-state index is 0.0289. The van der Waals surface area contributed by atoms with Crippen LogP contribution in [0.5, 0.6) is 0 Å². The van der Waals surface area contributed by atoms with E-state index in [2.05, 4.69) is 17.6 Å². The van der Waals surface area contributed by atoms with Crippen LogP contribution in [0.4, 0.5) is 0 Å². The number of carbonyl (C=O) groups is 2. The second-order valence-electron chi connectivity index (χ2n) is 4.91. The number of likely N-dealkylation sites (tertiary alicyclic amines) is 1. The lowest BCUT2D eigenvalue weighted by molar-refractivity contribution is -0.136. The molecule has 2 aliphatic rings. The van der Waals surface area contributed by atoms with E-state index < -0.39 is 0 Å². The number of piperazine rings is 1. The van der Waals surface area contributed by atoms with Gasteiger partial charge in [0, 0.05) is 19.6 Å². The van der Waals surface area contributed by atoms with Crippen LogP contribution in [0.25, 0.3) is 0 Å². The van der Waals surface area contributed by atoms with Gasteiger partial charge in [0.15, 0.2) is 0 Å². The lowest BCUT2D eigenvalue weighted by Crippen LogP contribution is -2.59. The Labute approximate surface area is 102 Å². The van der Waals surface area contributed by atoms with Crippen LogP contribution in [-0.4, -0.2) is 48.9 Å². The summed E-state index contributed by atoms with van der Waals surface area (Å²) in [5.41, 5.74) is 0. The Morgan fingerprint density at radius 3 is 2.65 bits per heavy atom. The molecule has 2 amide bonds. The summed E-state index contributed by atoms with van der Waals surface area (Å²) in [7, 11) is 0. The Bertz CT molecular complexity index is 288. The molecule has 0 saturated carbocycles. The molecule has 2 saturated heterocycles. The Balaban J connectivity index is 1.82. The molecular weight excluding hydrogens is 218 g/mol. The van der Waals surface area contributed by atoms with Gasteiger partial charge in [-0.2, -0.15) is 0 Å². The first kappa shape index (κ1) is 12.4. The van der Waals surface area contributed by atoms with Gasteiger partial charge in [-0.25, -0.2) is 0 Å². The summed E-state index contributed by atoms with van der Waals surface area (Å²) in [4.78, 5) is 25.1. The van der Waals surface area contributed by atoms with Crippen LogP contribution >= 0.6 is 0 Å². The fraction of sp³-hybridized carbons (Fsp3) is 0.833. The first-order valence-electron chi connectivity index (χ1n) is 6.49. The molecule has 5 nitrogen and oxygen atoms in total. The van der Waals surface area contributed by atoms with Gasteiger partial charge in [-0.1, -0.05) is 13.3 Å². The molecule has 5 heteroatoms. The fourth-order valence-corrected chi connectivity index (χ4v) is 2.52. The van der Waals surface area contributed by atoms with Crippen molar-refractivity contribution in [2.24, 2.45) is 5.92 Å². The summed E-state index contributed by atoms with van der Waals surface area (Å²) in [6.07, 6.45) is 3.43. The number of hydrogen-bond donors (Lipinski definition) is 2. The van der Waals surface area contributed by atoms with Crippen molar-refractivity contribution < 1.29 is 9.59 Å². The topological polar surface area (TPSA) is 61.4 Å². The molecule has 2 N–H and O–H groups in total. The van der Waals surface area contributed by atoms with Crippen molar-refractivity contribution in [3.63, 3.8) is 0 Å². The molecule has 17 heavy (non-hydrogen) atoms. The normalized spacial score (nSPS) is 26.8. The second-order valence-corrected chi connectivity index (χ2v) is 4.91. The van der Waals surface area contributed by atoms with E-state index in [1.54, 1.807) is 0 Å². The van der Waals surface area contributed by atoms with E-state index in [4.69, 9.17) is 0 Å². The fourth-order valence-electron chi connectivity index (χ4n) is 2.52. The predicted octanol–water partition coefficient (Wildman–Crippen LogP) is -0.277. The first-order chi connectivity index (χ1) is 8.20. The molecule has 1 unspecified atom stereocenters. The molecule has 0 aromatic carbocycles. The van der Waals surface area contributed by atoms with Gasteiger partial charge in [0.1, 0.15) is 6.04 Å². The summed E-state index contributed by atoms with van der Waals surface area (Å²) >= 11 is 0. The van der Waals surface area contributed by atoms with Gasteiger partial charge in [-0.3, -0.25) is 14.9 Å². The quantitative estimate of drug-likeness (QED) is 0.697. The highest BCUT2D eigenvalue weighted by molar-refractivity contribution is 5.86. The van der Waals surface area contributed by atoms with Gasteiger partial charge in [0.05, 0.1) is 6.54 Å². The zero-order chi connectivity index (χ0) is 12.3. The third-order valence-corrected chi connectivity index (χ3v) is 3.81. The standard InChI is InChI=1S/C12H21N3O2/c1-2-9-3-5-15(6-4-9)12(17)10-7-14-11(16)8-13-10/h9-10,13H,2-8H2,1H3,(H,14,16). The van der Waals surface area contributed by atoms with Crippen molar-refractivity contribution in [2.45, 2.75) is 32.2 Å². The van der Waals surface area contributed by atoms with Gasteiger partial charge >= 0.3 is 0 Å². The van der Waals surface area contributed by atoms with E-state index in [1.165, 1.54) is 6.42 Å². The Morgan fingerprint density at radius 1 is 1.41 bits per heavy atom. The third-order valence-electron chi connectivity index (χ3n) is 3.81. The number of nitrogens with zero attached hydrogens (tertiary/aromatic N) is 1. The minimum Gasteiger partial charge on any atom is -0.353 e. The number of rotatable bonds is 2. The SMILES string of the molecule is CCC1CCN(C(=O)C2CNC(=O)CN2)CC1. The van der Waals surface area contributed by atoms with Gasteiger partial charge in [0.2, 0.25) is 11.8 Å². The van der Waals surface area contributed by atoms with E-state index in [-0.39, 0.29) is 24.4 Å². The van der Waals surface area contributed by atoms with Crippen molar-refractivity contribution in [2.75, 3.05) is 26.2 Å². The molecule has 2 fully saturated rings. The monoisotopic (exact) mass is 239 g/mol. The van der Waals surface area contributed by atoms with Crippen molar-refractivity contribution in [1.29, 1.82) is 0 Å². The number of amides is 2. The molecule has 0 spiro atoms. The number of nitrogens with one attached hydrogen (secondary N) is 2.